The van der Waals surface area contributed by atoms with Gasteiger partial charge in [-0.25, -0.2) is 14.6 Å². The minimum atomic E-state index is 0.0412. The Balaban J connectivity index is 1.39. The van der Waals surface area contributed by atoms with Gasteiger partial charge in [0, 0.05) is 38.3 Å². The van der Waals surface area contributed by atoms with E-state index in [2.05, 4.69) is 32.1 Å². The Kier molecular flexibility index (Phi) is 6.06. The predicted octanol–water partition coefficient (Wildman–Crippen LogP) is 2.38. The lowest BCUT2D eigenvalue weighted by atomic mass is 10.1. The van der Waals surface area contributed by atoms with E-state index in [1.165, 1.54) is 0 Å². The van der Waals surface area contributed by atoms with E-state index in [-0.39, 0.29) is 5.91 Å². The van der Waals surface area contributed by atoms with Gasteiger partial charge in [0.2, 0.25) is 0 Å². The molecule has 0 saturated carbocycles. The average molecular weight is 409 g/mol. The molecule has 158 valence electrons. The van der Waals surface area contributed by atoms with Gasteiger partial charge in [0.05, 0.1) is 6.61 Å². The summed E-state index contributed by atoms with van der Waals surface area (Å²) < 4.78 is 7.44. The third kappa shape index (κ3) is 4.05. The van der Waals surface area contributed by atoms with Crippen molar-refractivity contribution in [3.63, 3.8) is 0 Å². The molecule has 0 aliphatic carbocycles. The van der Waals surface area contributed by atoms with Crippen molar-refractivity contribution in [1.29, 1.82) is 0 Å². The highest BCUT2D eigenvalue weighted by Gasteiger charge is 2.25. The van der Waals surface area contributed by atoms with Crippen LogP contribution >= 0.6 is 0 Å². The molecule has 0 radical (unpaired) electrons. The fourth-order valence-corrected chi connectivity index (χ4v) is 3.56. The van der Waals surface area contributed by atoms with Crippen molar-refractivity contribution in [2.75, 3.05) is 37.7 Å². The zero-order valence-electron chi connectivity index (χ0n) is 17.5. The van der Waals surface area contributed by atoms with Crippen LogP contribution in [0.25, 0.3) is 11.2 Å². The summed E-state index contributed by atoms with van der Waals surface area (Å²) in [7, 11) is 0. The summed E-state index contributed by atoms with van der Waals surface area (Å²) in [6, 6.07) is 7.42. The monoisotopic (exact) mass is 409 g/mol. The van der Waals surface area contributed by atoms with Crippen LogP contribution in [0.3, 0.4) is 0 Å². The van der Waals surface area contributed by atoms with E-state index < -0.39 is 0 Å². The van der Waals surface area contributed by atoms with Gasteiger partial charge in [-0.15, -0.1) is 5.10 Å². The fourth-order valence-electron chi connectivity index (χ4n) is 3.56. The number of hydrogen-bond donors (Lipinski definition) is 0. The number of unbranched alkanes of at least 4 members (excludes halogenated alkanes) is 1. The first-order chi connectivity index (χ1) is 14.7. The molecule has 30 heavy (non-hydrogen) atoms. The molecular weight excluding hydrogens is 382 g/mol. The van der Waals surface area contributed by atoms with Crippen LogP contribution in [0.5, 0.6) is 5.75 Å². The second-order valence-electron chi connectivity index (χ2n) is 7.28. The molecule has 3 heterocycles. The number of anilines is 1. The zero-order valence-corrected chi connectivity index (χ0v) is 17.5. The van der Waals surface area contributed by atoms with Crippen LogP contribution in [0.15, 0.2) is 30.6 Å². The van der Waals surface area contributed by atoms with Gasteiger partial charge in [-0.3, -0.25) is 4.79 Å². The second kappa shape index (κ2) is 9.06. The first-order valence-electron chi connectivity index (χ1n) is 10.5. The van der Waals surface area contributed by atoms with Gasteiger partial charge in [0.25, 0.3) is 5.91 Å². The Hall–Kier alpha value is -3.23. The molecule has 1 aliphatic rings. The summed E-state index contributed by atoms with van der Waals surface area (Å²) in [4.78, 5) is 25.6. The molecule has 2 aromatic heterocycles. The first-order valence-corrected chi connectivity index (χ1v) is 10.5. The minimum absolute atomic E-state index is 0.0412. The molecule has 9 heteroatoms. The first kappa shape index (κ1) is 20.1. The molecule has 0 bridgehead atoms. The van der Waals surface area contributed by atoms with Crippen molar-refractivity contribution < 1.29 is 9.53 Å². The van der Waals surface area contributed by atoms with Crippen molar-refractivity contribution in [3.8, 4) is 5.75 Å². The summed E-state index contributed by atoms with van der Waals surface area (Å²) >= 11 is 0. The summed E-state index contributed by atoms with van der Waals surface area (Å²) in [5.41, 5.74) is 2.13. The number of aryl methyl sites for hydroxylation is 1. The van der Waals surface area contributed by atoms with Gasteiger partial charge < -0.3 is 14.5 Å². The van der Waals surface area contributed by atoms with E-state index in [0.717, 1.165) is 30.1 Å². The van der Waals surface area contributed by atoms with Crippen LogP contribution in [0.2, 0.25) is 0 Å². The number of ether oxygens (including phenoxy) is 1. The Labute approximate surface area is 175 Å². The van der Waals surface area contributed by atoms with Crippen molar-refractivity contribution in [2.24, 2.45) is 0 Å². The van der Waals surface area contributed by atoms with E-state index in [0.29, 0.717) is 50.4 Å². The van der Waals surface area contributed by atoms with Crippen LogP contribution in [-0.2, 0) is 6.54 Å². The molecule has 1 aromatic carbocycles. The number of amides is 1. The van der Waals surface area contributed by atoms with Crippen LogP contribution in [0.1, 0.15) is 37.0 Å². The minimum Gasteiger partial charge on any atom is -0.494 e. The highest BCUT2D eigenvalue weighted by atomic mass is 16.5. The number of carbonyl (C=O) groups excluding carboxylic acids is 1. The number of piperazine rings is 1. The van der Waals surface area contributed by atoms with Gasteiger partial charge in [0.15, 0.2) is 17.0 Å². The Morgan fingerprint density at radius 1 is 1.07 bits per heavy atom. The third-order valence-corrected chi connectivity index (χ3v) is 5.31. The van der Waals surface area contributed by atoms with Crippen LogP contribution in [-0.4, -0.2) is 68.6 Å². The van der Waals surface area contributed by atoms with E-state index in [4.69, 9.17) is 4.74 Å². The standard InChI is InChI=1S/C21H27N7O2/c1-3-5-14-30-17-8-6-16(7-9-17)21(29)27-12-10-26(11-13-27)19-18-20(23-15-22-19)28(4-2)25-24-18/h6-9,15H,3-5,10-14H2,1-2H3. The largest absolute Gasteiger partial charge is 0.494 e. The van der Waals surface area contributed by atoms with Gasteiger partial charge in [0.1, 0.15) is 12.1 Å². The lowest BCUT2D eigenvalue weighted by molar-refractivity contribution is 0.0746. The Bertz CT molecular complexity index is 994. The molecule has 0 N–H and O–H groups in total. The molecule has 1 fully saturated rings. The highest BCUT2D eigenvalue weighted by molar-refractivity contribution is 5.94. The van der Waals surface area contributed by atoms with Crippen molar-refractivity contribution >= 4 is 22.9 Å². The molecule has 1 amide bonds. The fraction of sp³-hybridized carbons (Fsp3) is 0.476. The van der Waals surface area contributed by atoms with Gasteiger partial charge in [-0.2, -0.15) is 0 Å². The number of nitrogens with zero attached hydrogens (tertiary/aromatic N) is 7. The number of carbonyl (C=O) groups is 1. The Morgan fingerprint density at radius 2 is 1.83 bits per heavy atom. The van der Waals surface area contributed by atoms with Crippen LogP contribution in [0, 0.1) is 0 Å². The van der Waals surface area contributed by atoms with Gasteiger partial charge in [-0.1, -0.05) is 18.6 Å². The molecule has 1 saturated heterocycles. The van der Waals surface area contributed by atoms with Crippen LogP contribution in [0.4, 0.5) is 5.82 Å². The topological polar surface area (TPSA) is 89.3 Å². The predicted molar refractivity (Wildman–Crippen MR) is 114 cm³/mol. The summed E-state index contributed by atoms with van der Waals surface area (Å²) in [5, 5.41) is 8.40. The normalized spacial score (nSPS) is 14.3. The average Bonchev–Trinajstić information content (AvgIpc) is 3.23. The maximum Gasteiger partial charge on any atom is 0.253 e. The Morgan fingerprint density at radius 3 is 2.53 bits per heavy atom. The zero-order chi connectivity index (χ0) is 20.9. The van der Waals surface area contributed by atoms with E-state index in [1.807, 2.05) is 36.1 Å². The lowest BCUT2D eigenvalue weighted by Crippen LogP contribution is -2.49. The van der Waals surface area contributed by atoms with Gasteiger partial charge >= 0.3 is 0 Å². The SMILES string of the molecule is CCCCOc1ccc(C(=O)N2CCN(c3ncnc4c3nnn4CC)CC2)cc1. The number of benzene rings is 1. The molecule has 4 rings (SSSR count). The lowest BCUT2D eigenvalue weighted by Gasteiger charge is -2.35. The summed E-state index contributed by atoms with van der Waals surface area (Å²) in [6.45, 7) is 8.18. The molecule has 0 unspecified atom stereocenters. The smallest absolute Gasteiger partial charge is 0.253 e. The van der Waals surface area contributed by atoms with Crippen molar-refractivity contribution in [1.82, 2.24) is 29.9 Å². The summed E-state index contributed by atoms with van der Waals surface area (Å²) in [6.07, 6.45) is 3.67. The molecule has 9 nitrogen and oxygen atoms in total. The van der Waals surface area contributed by atoms with E-state index in [1.54, 1.807) is 11.0 Å². The number of hydrogen-bond acceptors (Lipinski definition) is 7. The molecular formula is C21H27N7O2. The summed E-state index contributed by atoms with van der Waals surface area (Å²) in [5.74, 6) is 1.62. The molecule has 0 atom stereocenters. The van der Waals surface area contributed by atoms with E-state index in [9.17, 15) is 4.79 Å². The highest BCUT2D eigenvalue weighted by Crippen LogP contribution is 2.22. The van der Waals surface area contributed by atoms with Gasteiger partial charge in [-0.05, 0) is 37.6 Å². The maximum absolute atomic E-state index is 12.9. The van der Waals surface area contributed by atoms with Crippen LogP contribution < -0.4 is 9.64 Å². The quantitative estimate of drug-likeness (QED) is 0.554. The molecule has 3 aromatic rings. The van der Waals surface area contributed by atoms with Crippen molar-refractivity contribution in [2.45, 2.75) is 33.2 Å². The van der Waals surface area contributed by atoms with E-state index >= 15 is 0 Å². The number of fused-ring (bicyclic) bond motifs is 1. The molecule has 1 aliphatic heterocycles. The third-order valence-electron chi connectivity index (χ3n) is 5.31. The molecule has 0 spiro atoms. The maximum atomic E-state index is 12.9. The number of rotatable bonds is 7. The number of aromatic nitrogens is 5. The second-order valence-corrected chi connectivity index (χ2v) is 7.28. The van der Waals surface area contributed by atoms with Crippen molar-refractivity contribution in [3.05, 3.63) is 36.2 Å².